The molecule has 0 aliphatic heterocycles. The van der Waals surface area contributed by atoms with Crippen molar-refractivity contribution in [1.29, 1.82) is 0 Å². The average Bonchev–Trinajstić information content (AvgIpc) is 2.43. The van der Waals surface area contributed by atoms with E-state index in [1.54, 1.807) is 7.11 Å². The van der Waals surface area contributed by atoms with Crippen LogP contribution in [0.4, 0.5) is 4.79 Å². The highest BCUT2D eigenvalue weighted by Gasteiger charge is 2.17. The number of oxime groups is 1. The lowest BCUT2D eigenvalue weighted by atomic mass is 9.90. The summed E-state index contributed by atoms with van der Waals surface area (Å²) < 4.78 is 9.56. The van der Waals surface area contributed by atoms with Crippen molar-refractivity contribution in [1.82, 2.24) is 0 Å². The van der Waals surface area contributed by atoms with E-state index < -0.39 is 6.16 Å². The molecule has 0 saturated heterocycles. The average molecular weight is 249 g/mol. The Bertz CT molecular complexity index is 482. The maximum atomic E-state index is 10.9. The van der Waals surface area contributed by atoms with Gasteiger partial charge in [-0.2, -0.15) is 0 Å². The Morgan fingerprint density at radius 2 is 2.11 bits per heavy atom. The lowest BCUT2D eigenvalue weighted by molar-refractivity contribution is 0.0751. The van der Waals surface area contributed by atoms with Crippen molar-refractivity contribution < 1.29 is 19.1 Å². The van der Waals surface area contributed by atoms with Gasteiger partial charge in [0.15, 0.2) is 0 Å². The first-order valence-corrected chi connectivity index (χ1v) is 5.73. The molecule has 0 saturated carbocycles. The molecule has 1 aromatic carbocycles. The second-order valence-corrected chi connectivity index (χ2v) is 3.96. The highest BCUT2D eigenvalue weighted by atomic mass is 16.8. The van der Waals surface area contributed by atoms with Crippen LogP contribution in [0.1, 0.15) is 24.0 Å². The van der Waals surface area contributed by atoms with Gasteiger partial charge in [-0.25, -0.2) is 4.79 Å². The normalized spacial score (nSPS) is 16.0. The molecule has 0 unspecified atom stereocenters. The Kier molecular flexibility index (Phi) is 3.82. The van der Waals surface area contributed by atoms with E-state index in [1.807, 2.05) is 18.2 Å². The molecule has 1 aromatic rings. The van der Waals surface area contributed by atoms with Gasteiger partial charge in [0, 0.05) is 5.56 Å². The highest BCUT2D eigenvalue weighted by Crippen LogP contribution is 2.25. The first-order valence-electron chi connectivity index (χ1n) is 5.73. The summed E-state index contributed by atoms with van der Waals surface area (Å²) in [5.74, 6) is 0.823. The molecule has 0 atom stereocenters. The SMILES string of the molecule is COC(=O)ON=C1CCCc2cc(OC)ccc21. The predicted molar refractivity (Wildman–Crippen MR) is 66.0 cm³/mol. The minimum atomic E-state index is -0.803. The molecule has 0 spiro atoms. The topological polar surface area (TPSA) is 57.1 Å². The van der Waals surface area contributed by atoms with Crippen molar-refractivity contribution in [3.8, 4) is 5.75 Å². The van der Waals surface area contributed by atoms with E-state index in [-0.39, 0.29) is 0 Å². The standard InChI is InChI=1S/C13H15NO4/c1-16-10-6-7-11-9(8-10)4-3-5-12(11)14-18-13(15)17-2/h6-8H,3-5H2,1-2H3. The van der Waals surface area contributed by atoms with Crippen LogP contribution in [0.15, 0.2) is 23.4 Å². The molecule has 0 amide bonds. The lowest BCUT2D eigenvalue weighted by Gasteiger charge is -2.17. The molecule has 1 aliphatic carbocycles. The predicted octanol–water partition coefficient (Wildman–Crippen LogP) is 2.52. The number of benzene rings is 1. The van der Waals surface area contributed by atoms with Gasteiger partial charge in [0.25, 0.3) is 0 Å². The van der Waals surface area contributed by atoms with Gasteiger partial charge in [-0.05, 0) is 43.0 Å². The van der Waals surface area contributed by atoms with Crippen LogP contribution in [-0.2, 0) is 16.0 Å². The third-order valence-electron chi connectivity index (χ3n) is 2.88. The molecule has 18 heavy (non-hydrogen) atoms. The summed E-state index contributed by atoms with van der Waals surface area (Å²) in [5, 5.41) is 3.85. The second-order valence-electron chi connectivity index (χ2n) is 3.96. The molecule has 5 nitrogen and oxygen atoms in total. The Morgan fingerprint density at radius 1 is 1.28 bits per heavy atom. The van der Waals surface area contributed by atoms with E-state index in [1.165, 1.54) is 7.11 Å². The first-order chi connectivity index (χ1) is 8.74. The zero-order valence-corrected chi connectivity index (χ0v) is 10.4. The molecular weight excluding hydrogens is 234 g/mol. The lowest BCUT2D eigenvalue weighted by Crippen LogP contribution is -2.13. The molecule has 0 aromatic heterocycles. The van der Waals surface area contributed by atoms with Gasteiger partial charge in [-0.15, -0.1) is 0 Å². The van der Waals surface area contributed by atoms with Crippen LogP contribution < -0.4 is 4.74 Å². The van der Waals surface area contributed by atoms with Crippen LogP contribution in [-0.4, -0.2) is 26.1 Å². The largest absolute Gasteiger partial charge is 0.534 e. The van der Waals surface area contributed by atoms with E-state index in [4.69, 9.17) is 4.74 Å². The number of hydrogen-bond donors (Lipinski definition) is 0. The van der Waals surface area contributed by atoms with Crippen LogP contribution >= 0.6 is 0 Å². The van der Waals surface area contributed by atoms with Crippen molar-refractivity contribution >= 4 is 11.9 Å². The summed E-state index contributed by atoms with van der Waals surface area (Å²) in [5.41, 5.74) is 2.93. The van der Waals surface area contributed by atoms with Crippen LogP contribution in [0.3, 0.4) is 0 Å². The van der Waals surface area contributed by atoms with Gasteiger partial charge in [0.05, 0.1) is 19.9 Å². The zero-order chi connectivity index (χ0) is 13.0. The molecule has 0 radical (unpaired) electrons. The van der Waals surface area contributed by atoms with E-state index in [2.05, 4.69) is 14.7 Å². The number of carbonyl (C=O) groups is 1. The third kappa shape index (κ3) is 2.61. The Balaban J connectivity index is 2.25. The fourth-order valence-corrected chi connectivity index (χ4v) is 1.99. The van der Waals surface area contributed by atoms with Gasteiger partial charge >= 0.3 is 6.16 Å². The summed E-state index contributed by atoms with van der Waals surface area (Å²) in [6, 6.07) is 5.80. The number of fused-ring (bicyclic) bond motifs is 1. The molecule has 0 N–H and O–H groups in total. The molecule has 1 aliphatic rings. The summed E-state index contributed by atoms with van der Waals surface area (Å²) in [4.78, 5) is 15.5. The minimum Gasteiger partial charge on any atom is -0.497 e. The molecule has 0 bridgehead atoms. The van der Waals surface area contributed by atoms with Crippen molar-refractivity contribution in [3.05, 3.63) is 29.3 Å². The number of rotatable bonds is 2. The van der Waals surface area contributed by atoms with Gasteiger partial charge < -0.3 is 9.47 Å². The van der Waals surface area contributed by atoms with Crippen molar-refractivity contribution in [2.75, 3.05) is 14.2 Å². The number of carbonyl (C=O) groups excluding carboxylic acids is 1. The number of hydrogen-bond acceptors (Lipinski definition) is 5. The number of ether oxygens (including phenoxy) is 2. The monoisotopic (exact) mass is 249 g/mol. The summed E-state index contributed by atoms with van der Waals surface area (Å²) in [6.45, 7) is 0. The van der Waals surface area contributed by atoms with E-state index in [0.29, 0.717) is 0 Å². The summed E-state index contributed by atoms with van der Waals surface area (Å²) in [6.07, 6.45) is 1.94. The summed E-state index contributed by atoms with van der Waals surface area (Å²) in [7, 11) is 2.89. The second kappa shape index (κ2) is 5.53. The van der Waals surface area contributed by atoms with E-state index in [0.717, 1.165) is 41.9 Å². The molecule has 0 heterocycles. The van der Waals surface area contributed by atoms with Crippen LogP contribution in [0.25, 0.3) is 0 Å². The summed E-state index contributed by atoms with van der Waals surface area (Å²) >= 11 is 0. The van der Waals surface area contributed by atoms with Gasteiger partial charge in [-0.3, -0.25) is 4.84 Å². The molecule has 2 rings (SSSR count). The van der Waals surface area contributed by atoms with Crippen LogP contribution in [0.5, 0.6) is 5.75 Å². The molecule has 96 valence electrons. The minimum absolute atomic E-state index is 0.768. The number of aryl methyl sites for hydroxylation is 1. The van der Waals surface area contributed by atoms with E-state index >= 15 is 0 Å². The quantitative estimate of drug-likeness (QED) is 0.459. The molecular formula is C13H15NO4. The maximum Gasteiger partial charge on any atom is 0.534 e. The molecule has 0 fully saturated rings. The van der Waals surface area contributed by atoms with Crippen molar-refractivity contribution in [2.24, 2.45) is 5.16 Å². The van der Waals surface area contributed by atoms with Crippen LogP contribution in [0.2, 0.25) is 0 Å². The first kappa shape index (κ1) is 12.4. The van der Waals surface area contributed by atoms with Gasteiger partial charge in [0.2, 0.25) is 0 Å². The third-order valence-corrected chi connectivity index (χ3v) is 2.88. The van der Waals surface area contributed by atoms with Gasteiger partial charge in [0.1, 0.15) is 5.75 Å². The van der Waals surface area contributed by atoms with E-state index in [9.17, 15) is 4.79 Å². The number of methoxy groups -OCH3 is 2. The van der Waals surface area contributed by atoms with Crippen LogP contribution in [0, 0.1) is 0 Å². The van der Waals surface area contributed by atoms with Gasteiger partial charge in [-0.1, -0.05) is 5.16 Å². The van der Waals surface area contributed by atoms with Crippen molar-refractivity contribution in [3.63, 3.8) is 0 Å². The van der Waals surface area contributed by atoms with Crippen molar-refractivity contribution in [2.45, 2.75) is 19.3 Å². The molecule has 5 heteroatoms. The maximum absolute atomic E-state index is 10.9. The Hall–Kier alpha value is -2.04. The highest BCUT2D eigenvalue weighted by molar-refractivity contribution is 6.02. The fourth-order valence-electron chi connectivity index (χ4n) is 1.99. The smallest absolute Gasteiger partial charge is 0.497 e. The zero-order valence-electron chi connectivity index (χ0n) is 10.4. The number of nitrogens with zero attached hydrogens (tertiary/aromatic N) is 1. The Labute approximate surface area is 105 Å². The Morgan fingerprint density at radius 3 is 2.83 bits per heavy atom. The fraction of sp³-hybridized carbons (Fsp3) is 0.385.